The summed E-state index contributed by atoms with van der Waals surface area (Å²) in [4.78, 5) is 6.45. The van der Waals surface area contributed by atoms with Gasteiger partial charge in [-0.2, -0.15) is 0 Å². The number of fused-ring (bicyclic) bond motifs is 3. The van der Waals surface area contributed by atoms with Gasteiger partial charge in [0, 0.05) is 55.0 Å². The van der Waals surface area contributed by atoms with E-state index in [0.29, 0.717) is 0 Å². The highest BCUT2D eigenvalue weighted by atomic mass is 16.3. The molecule has 4 nitrogen and oxygen atoms in total. The normalized spacial score (nSPS) is 14.6. The molecule has 0 radical (unpaired) electrons. The van der Waals surface area contributed by atoms with Crippen LogP contribution < -0.4 is 0 Å². The Balaban J connectivity index is 1.82. The smallest absolute Gasteiger partial charge is 0.0682 e. The SMILES string of the molecule is C=C(Cn1c2c(c3cc(CO)ccc31)CN(C)CC2)c1ccncc1. The molecule has 1 aliphatic rings. The number of hydrogen-bond acceptors (Lipinski definition) is 3. The van der Waals surface area contributed by atoms with Crippen LogP contribution in [0.5, 0.6) is 0 Å². The Labute approximate surface area is 148 Å². The van der Waals surface area contributed by atoms with E-state index in [9.17, 15) is 5.11 Å². The molecule has 128 valence electrons. The number of benzene rings is 1. The predicted molar refractivity (Wildman–Crippen MR) is 101 cm³/mol. The summed E-state index contributed by atoms with van der Waals surface area (Å²) in [5.74, 6) is 0. The van der Waals surface area contributed by atoms with E-state index < -0.39 is 0 Å². The van der Waals surface area contributed by atoms with E-state index in [1.807, 2.05) is 30.6 Å². The molecule has 0 amide bonds. The quantitative estimate of drug-likeness (QED) is 0.797. The summed E-state index contributed by atoms with van der Waals surface area (Å²) in [6.45, 7) is 7.18. The molecule has 25 heavy (non-hydrogen) atoms. The van der Waals surface area contributed by atoms with Crippen LogP contribution in [0, 0.1) is 0 Å². The summed E-state index contributed by atoms with van der Waals surface area (Å²) in [6, 6.07) is 10.3. The fraction of sp³-hybridized carbons (Fsp3) is 0.286. The van der Waals surface area contributed by atoms with Crippen molar-refractivity contribution >= 4 is 16.5 Å². The second-order valence-corrected chi connectivity index (χ2v) is 6.85. The van der Waals surface area contributed by atoms with E-state index in [2.05, 4.69) is 40.2 Å². The van der Waals surface area contributed by atoms with Gasteiger partial charge in [-0.05, 0) is 53.6 Å². The van der Waals surface area contributed by atoms with Crippen LogP contribution in [-0.2, 0) is 26.1 Å². The predicted octanol–water partition coefficient (Wildman–Crippen LogP) is 3.23. The number of likely N-dealkylation sites (N-methyl/N-ethyl adjacent to an activating group) is 1. The molecule has 0 saturated carbocycles. The lowest BCUT2D eigenvalue weighted by Gasteiger charge is -2.24. The maximum absolute atomic E-state index is 9.52. The van der Waals surface area contributed by atoms with Crippen molar-refractivity contribution in [3.05, 3.63) is 71.7 Å². The first kappa shape index (κ1) is 16.1. The molecule has 1 N–H and O–H groups in total. The molecule has 1 aromatic carbocycles. The fourth-order valence-electron chi connectivity index (χ4n) is 3.78. The number of aromatic nitrogens is 2. The van der Waals surface area contributed by atoms with E-state index in [1.165, 1.54) is 22.2 Å². The molecule has 0 bridgehead atoms. The lowest BCUT2D eigenvalue weighted by molar-refractivity contribution is 0.282. The molecular formula is C21H23N3O. The zero-order valence-corrected chi connectivity index (χ0v) is 14.6. The van der Waals surface area contributed by atoms with Crippen LogP contribution in [0.2, 0.25) is 0 Å². The number of pyridine rings is 1. The van der Waals surface area contributed by atoms with E-state index >= 15 is 0 Å². The Kier molecular flexibility index (Phi) is 4.15. The first-order valence-corrected chi connectivity index (χ1v) is 8.68. The first-order chi connectivity index (χ1) is 12.2. The van der Waals surface area contributed by atoms with E-state index in [0.717, 1.165) is 42.8 Å². The van der Waals surface area contributed by atoms with Crippen LogP contribution in [0.15, 0.2) is 49.3 Å². The van der Waals surface area contributed by atoms with Crippen molar-refractivity contribution < 1.29 is 5.11 Å². The molecule has 0 fully saturated rings. The van der Waals surface area contributed by atoms with Gasteiger partial charge in [0.05, 0.1) is 6.61 Å². The van der Waals surface area contributed by atoms with Crippen LogP contribution in [0.25, 0.3) is 16.5 Å². The molecule has 3 heterocycles. The minimum absolute atomic E-state index is 0.0788. The monoisotopic (exact) mass is 333 g/mol. The van der Waals surface area contributed by atoms with Crippen LogP contribution in [0.1, 0.15) is 22.4 Å². The molecule has 0 atom stereocenters. The minimum atomic E-state index is 0.0788. The molecule has 3 aromatic rings. The number of hydrogen-bond donors (Lipinski definition) is 1. The third kappa shape index (κ3) is 2.88. The Bertz CT molecular complexity index is 927. The Hall–Kier alpha value is -2.43. The van der Waals surface area contributed by atoms with Crippen molar-refractivity contribution in [3.63, 3.8) is 0 Å². The topological polar surface area (TPSA) is 41.3 Å². The highest BCUT2D eigenvalue weighted by molar-refractivity contribution is 5.87. The molecule has 4 heteroatoms. The zero-order valence-electron chi connectivity index (χ0n) is 14.6. The van der Waals surface area contributed by atoms with Gasteiger partial charge in [-0.3, -0.25) is 4.98 Å². The molecule has 0 aliphatic carbocycles. The lowest BCUT2D eigenvalue weighted by Crippen LogP contribution is -2.27. The van der Waals surface area contributed by atoms with E-state index in [1.54, 1.807) is 0 Å². The van der Waals surface area contributed by atoms with Crippen LogP contribution in [0.4, 0.5) is 0 Å². The number of rotatable bonds is 4. The largest absolute Gasteiger partial charge is 0.392 e. The number of nitrogens with zero attached hydrogens (tertiary/aromatic N) is 3. The van der Waals surface area contributed by atoms with Gasteiger partial charge in [0.1, 0.15) is 0 Å². The maximum Gasteiger partial charge on any atom is 0.0682 e. The molecule has 2 aromatic heterocycles. The Morgan fingerprint density at radius 2 is 2.04 bits per heavy atom. The van der Waals surface area contributed by atoms with Crippen molar-refractivity contribution in [2.24, 2.45) is 0 Å². The third-order valence-electron chi connectivity index (χ3n) is 5.13. The standard InChI is InChI=1S/C21H23N3O/c1-15(17-5-8-22-9-6-17)12-24-20-4-3-16(14-25)11-18(20)19-13-23(2)10-7-21(19)24/h3-6,8-9,11,25H,1,7,10,12-14H2,2H3. The summed E-state index contributed by atoms with van der Waals surface area (Å²) < 4.78 is 2.40. The van der Waals surface area contributed by atoms with Crippen molar-refractivity contribution in [1.82, 2.24) is 14.5 Å². The summed E-state index contributed by atoms with van der Waals surface area (Å²) in [5.41, 5.74) is 7.21. The lowest BCUT2D eigenvalue weighted by atomic mass is 10.0. The average molecular weight is 333 g/mol. The zero-order chi connectivity index (χ0) is 17.4. The Morgan fingerprint density at radius 1 is 1.24 bits per heavy atom. The fourth-order valence-corrected chi connectivity index (χ4v) is 3.78. The number of aliphatic hydroxyl groups excluding tert-OH is 1. The average Bonchev–Trinajstić information content (AvgIpc) is 2.95. The van der Waals surface area contributed by atoms with Gasteiger partial charge in [0.15, 0.2) is 0 Å². The van der Waals surface area contributed by atoms with Crippen LogP contribution in [0.3, 0.4) is 0 Å². The van der Waals surface area contributed by atoms with E-state index in [-0.39, 0.29) is 6.61 Å². The van der Waals surface area contributed by atoms with Gasteiger partial charge in [0.25, 0.3) is 0 Å². The first-order valence-electron chi connectivity index (χ1n) is 8.68. The minimum Gasteiger partial charge on any atom is -0.392 e. The van der Waals surface area contributed by atoms with Crippen molar-refractivity contribution in [2.45, 2.75) is 26.1 Å². The van der Waals surface area contributed by atoms with Crippen molar-refractivity contribution in [2.75, 3.05) is 13.6 Å². The molecule has 0 spiro atoms. The summed E-state index contributed by atoms with van der Waals surface area (Å²) in [7, 11) is 2.16. The van der Waals surface area contributed by atoms with Gasteiger partial charge in [-0.25, -0.2) is 0 Å². The van der Waals surface area contributed by atoms with Crippen LogP contribution in [-0.4, -0.2) is 33.1 Å². The van der Waals surface area contributed by atoms with Crippen molar-refractivity contribution in [3.8, 4) is 0 Å². The Morgan fingerprint density at radius 3 is 2.80 bits per heavy atom. The van der Waals surface area contributed by atoms with Gasteiger partial charge in [0.2, 0.25) is 0 Å². The van der Waals surface area contributed by atoms with E-state index in [4.69, 9.17) is 0 Å². The highest BCUT2D eigenvalue weighted by Gasteiger charge is 2.22. The molecule has 1 aliphatic heterocycles. The molecule has 0 unspecified atom stereocenters. The number of allylic oxidation sites excluding steroid dienone is 1. The molecule has 4 rings (SSSR count). The summed E-state index contributed by atoms with van der Waals surface area (Å²) in [6.07, 6.45) is 4.66. The summed E-state index contributed by atoms with van der Waals surface area (Å²) in [5, 5.41) is 10.8. The second kappa shape index (κ2) is 6.47. The molecular weight excluding hydrogens is 310 g/mol. The maximum atomic E-state index is 9.52. The van der Waals surface area contributed by atoms with Gasteiger partial charge in [-0.15, -0.1) is 0 Å². The highest BCUT2D eigenvalue weighted by Crippen LogP contribution is 2.32. The van der Waals surface area contributed by atoms with Gasteiger partial charge >= 0.3 is 0 Å². The number of aliphatic hydroxyl groups is 1. The summed E-state index contributed by atoms with van der Waals surface area (Å²) >= 11 is 0. The third-order valence-corrected chi connectivity index (χ3v) is 5.13. The van der Waals surface area contributed by atoms with Gasteiger partial charge in [-0.1, -0.05) is 12.6 Å². The second-order valence-electron chi connectivity index (χ2n) is 6.85. The van der Waals surface area contributed by atoms with Crippen molar-refractivity contribution in [1.29, 1.82) is 0 Å². The molecule has 0 saturated heterocycles. The van der Waals surface area contributed by atoms with Gasteiger partial charge < -0.3 is 14.6 Å². The van der Waals surface area contributed by atoms with Crippen LogP contribution >= 0.6 is 0 Å².